The van der Waals surface area contributed by atoms with Gasteiger partial charge >= 0.3 is 5.97 Å². The highest BCUT2D eigenvalue weighted by Gasteiger charge is 2.18. The molecule has 4 aromatic rings. The molecule has 0 radical (unpaired) electrons. The lowest BCUT2D eigenvalue weighted by Gasteiger charge is -2.10. The van der Waals surface area contributed by atoms with Crippen molar-refractivity contribution in [1.82, 2.24) is 0 Å². The standard InChI is InChI=1S/C28H20N2O7/c1-36-27-17-19(7-9-22-14-15-24(29(32)33)18-25(22)30(34)35)8-16-26(27)37-28(31)23-12-10-21(11-13-23)20-5-3-2-4-6-20/h2-18H,1H3/b9-7+. The number of carbonyl (C=O) groups excluding carboxylic acids is 1. The van der Waals surface area contributed by atoms with Gasteiger partial charge in [0.2, 0.25) is 0 Å². The lowest BCUT2D eigenvalue weighted by molar-refractivity contribution is -0.394. The first-order valence-electron chi connectivity index (χ1n) is 11.0. The number of ether oxygens (including phenoxy) is 2. The third-order valence-electron chi connectivity index (χ3n) is 5.49. The van der Waals surface area contributed by atoms with E-state index < -0.39 is 15.8 Å². The number of nitrogens with zero attached hydrogens (tertiary/aromatic N) is 2. The fourth-order valence-corrected chi connectivity index (χ4v) is 3.59. The van der Waals surface area contributed by atoms with Gasteiger partial charge in [-0.3, -0.25) is 20.2 Å². The Morgan fingerprint density at radius 3 is 2.11 bits per heavy atom. The van der Waals surface area contributed by atoms with Crippen LogP contribution in [0.25, 0.3) is 23.3 Å². The van der Waals surface area contributed by atoms with Crippen LogP contribution in [0.15, 0.2) is 91.0 Å². The third-order valence-corrected chi connectivity index (χ3v) is 5.49. The van der Waals surface area contributed by atoms with Crippen LogP contribution in [0.5, 0.6) is 11.5 Å². The number of esters is 1. The van der Waals surface area contributed by atoms with Crippen molar-refractivity contribution in [2.45, 2.75) is 0 Å². The second kappa shape index (κ2) is 11.0. The Bertz CT molecular complexity index is 1500. The summed E-state index contributed by atoms with van der Waals surface area (Å²) in [5.74, 6) is -0.0598. The van der Waals surface area contributed by atoms with E-state index in [4.69, 9.17) is 9.47 Å². The Balaban J connectivity index is 1.51. The van der Waals surface area contributed by atoms with Crippen LogP contribution in [0.1, 0.15) is 21.5 Å². The lowest BCUT2D eigenvalue weighted by Crippen LogP contribution is -2.09. The van der Waals surface area contributed by atoms with E-state index in [1.165, 1.54) is 25.3 Å². The maximum absolute atomic E-state index is 12.7. The average Bonchev–Trinajstić information content (AvgIpc) is 2.92. The Kier molecular flexibility index (Phi) is 7.34. The Hall–Kier alpha value is -5.31. The second-order valence-corrected chi connectivity index (χ2v) is 7.83. The lowest BCUT2D eigenvalue weighted by atomic mass is 10.0. The number of nitro benzene ring substituents is 2. The molecule has 9 heteroatoms. The molecule has 9 nitrogen and oxygen atoms in total. The minimum Gasteiger partial charge on any atom is -0.493 e. The van der Waals surface area contributed by atoms with Gasteiger partial charge in [-0.05, 0) is 53.1 Å². The highest BCUT2D eigenvalue weighted by Crippen LogP contribution is 2.31. The van der Waals surface area contributed by atoms with Crippen molar-refractivity contribution < 1.29 is 24.1 Å². The van der Waals surface area contributed by atoms with Crippen LogP contribution in [-0.4, -0.2) is 22.9 Å². The molecule has 0 amide bonds. The summed E-state index contributed by atoms with van der Waals surface area (Å²) in [4.78, 5) is 33.6. The van der Waals surface area contributed by atoms with E-state index in [0.717, 1.165) is 17.2 Å². The largest absolute Gasteiger partial charge is 0.493 e. The zero-order chi connectivity index (χ0) is 26.4. The van der Waals surface area contributed by atoms with Gasteiger partial charge in [-0.15, -0.1) is 0 Å². The van der Waals surface area contributed by atoms with Crippen molar-refractivity contribution in [2.75, 3.05) is 7.11 Å². The quantitative estimate of drug-likeness (QED) is 0.0889. The number of benzene rings is 4. The Morgan fingerprint density at radius 1 is 0.757 bits per heavy atom. The first-order chi connectivity index (χ1) is 17.9. The van der Waals surface area contributed by atoms with E-state index in [0.29, 0.717) is 11.1 Å². The molecule has 0 aliphatic rings. The number of hydrogen-bond acceptors (Lipinski definition) is 7. The molecule has 0 N–H and O–H groups in total. The van der Waals surface area contributed by atoms with Crippen molar-refractivity contribution in [3.8, 4) is 22.6 Å². The van der Waals surface area contributed by atoms with Gasteiger partial charge in [-0.2, -0.15) is 0 Å². The minimum atomic E-state index is -0.691. The van der Waals surface area contributed by atoms with Gasteiger partial charge in [0.25, 0.3) is 11.4 Å². The van der Waals surface area contributed by atoms with Crippen LogP contribution in [0.4, 0.5) is 11.4 Å². The molecule has 0 aliphatic heterocycles. The summed E-state index contributed by atoms with van der Waals surface area (Å²) in [5, 5.41) is 22.3. The number of carbonyl (C=O) groups is 1. The van der Waals surface area contributed by atoms with E-state index in [-0.39, 0.29) is 28.4 Å². The van der Waals surface area contributed by atoms with Gasteiger partial charge in [0.1, 0.15) is 0 Å². The van der Waals surface area contributed by atoms with E-state index in [2.05, 4.69) is 0 Å². The Morgan fingerprint density at radius 2 is 1.46 bits per heavy atom. The van der Waals surface area contributed by atoms with E-state index in [9.17, 15) is 25.0 Å². The fourth-order valence-electron chi connectivity index (χ4n) is 3.59. The van der Waals surface area contributed by atoms with Gasteiger partial charge < -0.3 is 9.47 Å². The molecule has 184 valence electrons. The van der Waals surface area contributed by atoms with Gasteiger partial charge in [-0.1, -0.05) is 54.6 Å². The van der Waals surface area contributed by atoms with Gasteiger partial charge in [0.15, 0.2) is 11.5 Å². The molecule has 0 aromatic heterocycles. The van der Waals surface area contributed by atoms with Crippen molar-refractivity contribution >= 4 is 29.5 Å². The predicted octanol–water partition coefficient (Wildman–Crippen LogP) is 6.57. The molecular formula is C28H20N2O7. The van der Waals surface area contributed by atoms with Crippen LogP contribution in [0.3, 0.4) is 0 Å². The van der Waals surface area contributed by atoms with E-state index in [1.54, 1.807) is 36.4 Å². The van der Waals surface area contributed by atoms with Gasteiger partial charge in [0.05, 0.1) is 34.1 Å². The van der Waals surface area contributed by atoms with Crippen LogP contribution in [-0.2, 0) is 0 Å². The summed E-state index contributed by atoms with van der Waals surface area (Å²) in [6, 6.07) is 25.1. The monoisotopic (exact) mass is 496 g/mol. The summed E-state index contributed by atoms with van der Waals surface area (Å²) < 4.78 is 10.9. The van der Waals surface area contributed by atoms with Crippen molar-refractivity contribution in [3.63, 3.8) is 0 Å². The summed E-state index contributed by atoms with van der Waals surface area (Å²) >= 11 is 0. The number of hydrogen-bond donors (Lipinski definition) is 0. The predicted molar refractivity (Wildman–Crippen MR) is 139 cm³/mol. The maximum atomic E-state index is 12.7. The summed E-state index contributed by atoms with van der Waals surface area (Å²) in [6.07, 6.45) is 3.06. The molecule has 0 atom stereocenters. The van der Waals surface area contributed by atoms with E-state index >= 15 is 0 Å². The summed E-state index contributed by atoms with van der Waals surface area (Å²) in [5.41, 5.74) is 2.43. The highest BCUT2D eigenvalue weighted by molar-refractivity contribution is 5.92. The molecule has 0 spiro atoms. The smallest absolute Gasteiger partial charge is 0.343 e. The molecule has 0 fully saturated rings. The molecule has 4 rings (SSSR count). The average molecular weight is 496 g/mol. The summed E-state index contributed by atoms with van der Waals surface area (Å²) in [6.45, 7) is 0. The molecule has 0 aliphatic carbocycles. The number of non-ortho nitro benzene ring substituents is 1. The van der Waals surface area contributed by atoms with Crippen LogP contribution >= 0.6 is 0 Å². The molecule has 37 heavy (non-hydrogen) atoms. The third kappa shape index (κ3) is 5.85. The zero-order valence-electron chi connectivity index (χ0n) is 19.6. The minimum absolute atomic E-state index is 0.198. The number of methoxy groups -OCH3 is 1. The summed E-state index contributed by atoms with van der Waals surface area (Å²) in [7, 11) is 1.43. The molecule has 0 saturated heterocycles. The number of rotatable bonds is 8. The fraction of sp³-hybridized carbons (Fsp3) is 0.0357. The second-order valence-electron chi connectivity index (χ2n) is 7.83. The van der Waals surface area contributed by atoms with Crippen molar-refractivity contribution in [2.24, 2.45) is 0 Å². The maximum Gasteiger partial charge on any atom is 0.343 e. The van der Waals surface area contributed by atoms with Crippen LogP contribution in [0.2, 0.25) is 0 Å². The highest BCUT2D eigenvalue weighted by atomic mass is 16.6. The Labute approximate surface area is 211 Å². The van der Waals surface area contributed by atoms with Crippen molar-refractivity contribution in [1.29, 1.82) is 0 Å². The van der Waals surface area contributed by atoms with Crippen LogP contribution < -0.4 is 9.47 Å². The molecule has 0 bridgehead atoms. The van der Waals surface area contributed by atoms with Gasteiger partial charge in [-0.25, -0.2) is 4.79 Å². The van der Waals surface area contributed by atoms with E-state index in [1.807, 2.05) is 42.5 Å². The van der Waals surface area contributed by atoms with Gasteiger partial charge in [0, 0.05) is 6.07 Å². The first kappa shape index (κ1) is 24.8. The molecule has 4 aromatic carbocycles. The molecule has 0 heterocycles. The van der Waals surface area contributed by atoms with Crippen molar-refractivity contribution in [3.05, 3.63) is 128 Å². The SMILES string of the molecule is COc1cc(/C=C/c2ccc([N+](=O)[O-])cc2[N+](=O)[O-])ccc1OC(=O)c1ccc(-c2ccccc2)cc1. The first-order valence-corrected chi connectivity index (χ1v) is 11.0. The molecule has 0 unspecified atom stereocenters. The zero-order valence-corrected chi connectivity index (χ0v) is 19.6. The molecule has 0 saturated carbocycles. The number of nitro groups is 2. The normalized spacial score (nSPS) is 10.7. The van der Waals surface area contributed by atoms with Crippen LogP contribution in [0, 0.1) is 20.2 Å². The topological polar surface area (TPSA) is 122 Å². The molecular weight excluding hydrogens is 476 g/mol.